The zero-order chi connectivity index (χ0) is 14.5. The Balaban J connectivity index is 1.94. The second kappa shape index (κ2) is 6.12. The van der Waals surface area contributed by atoms with E-state index in [1.807, 2.05) is 0 Å². The Morgan fingerprint density at radius 2 is 1.75 bits per heavy atom. The Hall–Kier alpha value is -2.47. The molecule has 0 spiro atoms. The minimum absolute atomic E-state index is 0.0473. The molecule has 0 saturated carbocycles. The number of carbonyl (C=O) groups is 3. The monoisotopic (exact) mass is 288 g/mol. The van der Waals surface area contributed by atoms with Gasteiger partial charge in [-0.15, -0.1) is 11.3 Å². The standard InChI is InChI=1S/C14H12N2O3S/c1-9(17)10-4-6-11(7-5-10)15-14(19)16-13(18)12-3-2-8-20-12/h2-8H,1H3,(H2,15,16,18,19). The molecule has 6 heteroatoms. The van der Waals surface area contributed by atoms with E-state index in [1.165, 1.54) is 18.3 Å². The van der Waals surface area contributed by atoms with Crippen LogP contribution in [0.25, 0.3) is 0 Å². The molecule has 0 fully saturated rings. The van der Waals surface area contributed by atoms with Crippen LogP contribution in [0.3, 0.4) is 0 Å². The molecule has 1 aromatic heterocycles. The third-order valence-corrected chi connectivity index (χ3v) is 3.39. The van der Waals surface area contributed by atoms with E-state index in [0.29, 0.717) is 16.1 Å². The lowest BCUT2D eigenvalue weighted by Crippen LogP contribution is -2.33. The number of hydrogen-bond acceptors (Lipinski definition) is 4. The van der Waals surface area contributed by atoms with Crippen molar-refractivity contribution < 1.29 is 14.4 Å². The van der Waals surface area contributed by atoms with Crippen LogP contribution in [0.4, 0.5) is 10.5 Å². The van der Waals surface area contributed by atoms with Crippen molar-refractivity contribution in [3.8, 4) is 0 Å². The van der Waals surface area contributed by atoms with Crippen LogP contribution in [0, 0.1) is 0 Å². The maximum Gasteiger partial charge on any atom is 0.326 e. The van der Waals surface area contributed by atoms with Crippen LogP contribution < -0.4 is 10.6 Å². The molecule has 0 atom stereocenters. The molecule has 0 unspecified atom stereocenters. The number of nitrogens with one attached hydrogen (secondary N) is 2. The van der Waals surface area contributed by atoms with Gasteiger partial charge >= 0.3 is 6.03 Å². The molecule has 3 amide bonds. The van der Waals surface area contributed by atoms with E-state index in [0.717, 1.165) is 0 Å². The van der Waals surface area contributed by atoms with Gasteiger partial charge in [0.05, 0.1) is 4.88 Å². The van der Waals surface area contributed by atoms with Gasteiger partial charge < -0.3 is 5.32 Å². The van der Waals surface area contributed by atoms with Gasteiger partial charge in [-0.2, -0.15) is 0 Å². The Kier molecular flexibility index (Phi) is 4.27. The quantitative estimate of drug-likeness (QED) is 0.853. The highest BCUT2D eigenvalue weighted by Crippen LogP contribution is 2.11. The van der Waals surface area contributed by atoms with Crippen molar-refractivity contribution >= 4 is 34.7 Å². The van der Waals surface area contributed by atoms with E-state index in [4.69, 9.17) is 0 Å². The van der Waals surface area contributed by atoms with E-state index < -0.39 is 11.9 Å². The average molecular weight is 288 g/mol. The van der Waals surface area contributed by atoms with E-state index in [-0.39, 0.29) is 5.78 Å². The molecule has 1 heterocycles. The fourth-order valence-electron chi connectivity index (χ4n) is 1.52. The van der Waals surface area contributed by atoms with Crippen LogP contribution >= 0.6 is 11.3 Å². The predicted molar refractivity (Wildman–Crippen MR) is 77.3 cm³/mol. The van der Waals surface area contributed by atoms with Gasteiger partial charge in [0.2, 0.25) is 0 Å². The van der Waals surface area contributed by atoms with Crippen LogP contribution in [0.5, 0.6) is 0 Å². The first-order chi connectivity index (χ1) is 9.56. The summed E-state index contributed by atoms with van der Waals surface area (Å²) in [6.07, 6.45) is 0. The first kappa shape index (κ1) is 14.0. The average Bonchev–Trinajstić information content (AvgIpc) is 2.93. The summed E-state index contributed by atoms with van der Waals surface area (Å²) in [5.41, 5.74) is 1.07. The summed E-state index contributed by atoms with van der Waals surface area (Å²) in [4.78, 5) is 34.9. The third kappa shape index (κ3) is 3.52. The normalized spacial score (nSPS) is 9.85. The van der Waals surface area contributed by atoms with Crippen molar-refractivity contribution in [2.24, 2.45) is 0 Å². The summed E-state index contributed by atoms with van der Waals surface area (Å²) in [6.45, 7) is 1.47. The van der Waals surface area contributed by atoms with Crippen molar-refractivity contribution in [3.05, 3.63) is 52.2 Å². The van der Waals surface area contributed by atoms with Gasteiger partial charge in [-0.05, 0) is 42.6 Å². The van der Waals surface area contributed by atoms with Crippen LogP contribution in [0.2, 0.25) is 0 Å². The molecule has 2 N–H and O–H groups in total. The van der Waals surface area contributed by atoms with Gasteiger partial charge in [0.25, 0.3) is 5.91 Å². The summed E-state index contributed by atoms with van der Waals surface area (Å²) >= 11 is 1.25. The molecule has 0 aliphatic heterocycles. The van der Waals surface area contributed by atoms with Crippen molar-refractivity contribution in [1.82, 2.24) is 5.32 Å². The molecule has 2 rings (SSSR count). The SMILES string of the molecule is CC(=O)c1ccc(NC(=O)NC(=O)c2cccs2)cc1. The molecular weight excluding hydrogens is 276 g/mol. The molecule has 1 aromatic carbocycles. The lowest BCUT2D eigenvalue weighted by molar-refractivity contribution is 0.0969. The molecule has 5 nitrogen and oxygen atoms in total. The first-order valence-electron chi connectivity index (χ1n) is 5.83. The summed E-state index contributed by atoms with van der Waals surface area (Å²) in [7, 11) is 0. The number of carbonyl (C=O) groups excluding carboxylic acids is 3. The number of urea groups is 1. The molecule has 0 aliphatic carbocycles. The second-order valence-electron chi connectivity index (χ2n) is 4.02. The van der Waals surface area contributed by atoms with Gasteiger partial charge in [-0.3, -0.25) is 14.9 Å². The summed E-state index contributed by atoms with van der Waals surface area (Å²) < 4.78 is 0. The van der Waals surface area contributed by atoms with Crippen molar-refractivity contribution in [3.63, 3.8) is 0 Å². The molecule has 20 heavy (non-hydrogen) atoms. The van der Waals surface area contributed by atoms with Crippen LogP contribution in [0.1, 0.15) is 27.0 Å². The minimum Gasteiger partial charge on any atom is -0.308 e. The van der Waals surface area contributed by atoms with Gasteiger partial charge in [-0.1, -0.05) is 6.07 Å². The Labute approximate surface area is 119 Å². The molecule has 0 aliphatic rings. The lowest BCUT2D eigenvalue weighted by Gasteiger charge is -2.06. The Morgan fingerprint density at radius 3 is 2.30 bits per heavy atom. The van der Waals surface area contributed by atoms with Gasteiger partial charge in [-0.25, -0.2) is 4.79 Å². The van der Waals surface area contributed by atoms with Crippen LogP contribution in [-0.2, 0) is 0 Å². The number of hydrogen-bond donors (Lipinski definition) is 2. The number of anilines is 1. The van der Waals surface area contributed by atoms with Crippen molar-refractivity contribution in [2.75, 3.05) is 5.32 Å². The smallest absolute Gasteiger partial charge is 0.308 e. The second-order valence-corrected chi connectivity index (χ2v) is 4.97. The fourth-order valence-corrected chi connectivity index (χ4v) is 2.14. The third-order valence-electron chi connectivity index (χ3n) is 2.52. The number of imide groups is 1. The first-order valence-corrected chi connectivity index (χ1v) is 6.71. The highest BCUT2D eigenvalue weighted by Gasteiger charge is 2.11. The summed E-state index contributed by atoms with van der Waals surface area (Å²) in [5, 5.41) is 6.50. The number of ketones is 1. The number of amides is 3. The number of benzene rings is 1. The Morgan fingerprint density at radius 1 is 1.05 bits per heavy atom. The molecule has 0 saturated heterocycles. The van der Waals surface area contributed by atoms with E-state index >= 15 is 0 Å². The summed E-state index contributed by atoms with van der Waals surface area (Å²) in [5.74, 6) is -0.494. The van der Waals surface area contributed by atoms with E-state index in [2.05, 4.69) is 10.6 Å². The topological polar surface area (TPSA) is 75.3 Å². The number of thiophene rings is 1. The fraction of sp³-hybridized carbons (Fsp3) is 0.0714. The number of rotatable bonds is 3. The van der Waals surface area contributed by atoms with Gasteiger partial charge in [0.15, 0.2) is 5.78 Å². The maximum absolute atomic E-state index is 11.6. The maximum atomic E-state index is 11.6. The highest BCUT2D eigenvalue weighted by atomic mass is 32.1. The largest absolute Gasteiger partial charge is 0.326 e. The lowest BCUT2D eigenvalue weighted by atomic mass is 10.1. The van der Waals surface area contributed by atoms with Crippen LogP contribution in [-0.4, -0.2) is 17.7 Å². The minimum atomic E-state index is -0.612. The van der Waals surface area contributed by atoms with Crippen molar-refractivity contribution in [2.45, 2.75) is 6.92 Å². The van der Waals surface area contributed by atoms with E-state index in [9.17, 15) is 14.4 Å². The number of Topliss-reactive ketones (excluding diaryl/α,β-unsaturated/α-hetero) is 1. The predicted octanol–water partition coefficient (Wildman–Crippen LogP) is 2.91. The van der Waals surface area contributed by atoms with Crippen LogP contribution in [0.15, 0.2) is 41.8 Å². The van der Waals surface area contributed by atoms with Gasteiger partial charge in [0.1, 0.15) is 0 Å². The highest BCUT2D eigenvalue weighted by molar-refractivity contribution is 7.12. The zero-order valence-electron chi connectivity index (χ0n) is 10.7. The van der Waals surface area contributed by atoms with E-state index in [1.54, 1.807) is 41.8 Å². The molecule has 0 bridgehead atoms. The molecule has 0 radical (unpaired) electrons. The Bertz CT molecular complexity index is 633. The zero-order valence-corrected chi connectivity index (χ0v) is 11.5. The van der Waals surface area contributed by atoms with Crippen molar-refractivity contribution in [1.29, 1.82) is 0 Å². The summed E-state index contributed by atoms with van der Waals surface area (Å²) in [6, 6.07) is 9.18. The van der Waals surface area contributed by atoms with Gasteiger partial charge in [0, 0.05) is 11.3 Å². The molecule has 2 aromatic rings. The molecular formula is C14H12N2O3S. The molecule has 102 valence electrons.